The molecule has 0 saturated heterocycles. The number of nitrogens with zero attached hydrogens (tertiary/aromatic N) is 1. The van der Waals surface area contributed by atoms with Crippen LogP contribution < -0.4 is 11.1 Å². The third-order valence-electron chi connectivity index (χ3n) is 4.33. The minimum absolute atomic E-state index is 0.163. The van der Waals surface area contributed by atoms with Crippen molar-refractivity contribution in [3.8, 4) is 0 Å². The van der Waals surface area contributed by atoms with Crippen LogP contribution in [0, 0.1) is 5.92 Å². The summed E-state index contributed by atoms with van der Waals surface area (Å²) in [6.07, 6.45) is 6.58. The van der Waals surface area contributed by atoms with Crippen LogP contribution >= 0.6 is 0 Å². The summed E-state index contributed by atoms with van der Waals surface area (Å²) >= 11 is 0. The van der Waals surface area contributed by atoms with E-state index in [2.05, 4.69) is 23.5 Å². The van der Waals surface area contributed by atoms with Crippen molar-refractivity contribution in [2.45, 2.75) is 51.6 Å². The van der Waals surface area contributed by atoms with E-state index in [-0.39, 0.29) is 5.84 Å². The fraction of sp³-hybridized carbons (Fsp3) is 0.562. The minimum atomic E-state index is 0.163. The maximum atomic E-state index is 8.73. The summed E-state index contributed by atoms with van der Waals surface area (Å²) in [5.74, 6) is 0.965. The van der Waals surface area contributed by atoms with Crippen LogP contribution in [0.4, 0.5) is 0 Å². The second-order valence-electron chi connectivity index (χ2n) is 5.63. The molecule has 0 heterocycles. The average Bonchev–Trinajstić information content (AvgIpc) is 2.52. The van der Waals surface area contributed by atoms with Gasteiger partial charge in [0.2, 0.25) is 0 Å². The summed E-state index contributed by atoms with van der Waals surface area (Å²) in [5.41, 5.74) is 7.57. The summed E-state index contributed by atoms with van der Waals surface area (Å²) in [6, 6.07) is 8.48. The second-order valence-corrected chi connectivity index (χ2v) is 5.63. The van der Waals surface area contributed by atoms with Gasteiger partial charge in [-0.3, -0.25) is 0 Å². The highest BCUT2D eigenvalue weighted by atomic mass is 16.4. The molecule has 0 bridgehead atoms. The Hall–Kier alpha value is -1.55. The number of oxime groups is 1. The SMILES string of the molecule is CCC1CCCCC1NCc1cccc(C(N)=NO)c1. The van der Waals surface area contributed by atoms with Gasteiger partial charge in [-0.2, -0.15) is 0 Å². The average molecular weight is 275 g/mol. The van der Waals surface area contributed by atoms with Gasteiger partial charge in [-0.05, 0) is 30.4 Å². The first-order valence-corrected chi connectivity index (χ1v) is 7.54. The molecule has 0 aromatic heterocycles. The van der Waals surface area contributed by atoms with Crippen LogP contribution in [0.25, 0.3) is 0 Å². The molecule has 2 atom stereocenters. The Kier molecular flexibility index (Phi) is 5.41. The molecular formula is C16H25N3O. The summed E-state index contributed by atoms with van der Waals surface area (Å²) in [7, 11) is 0. The first-order valence-electron chi connectivity index (χ1n) is 7.54. The van der Waals surface area contributed by atoms with Crippen molar-refractivity contribution in [1.82, 2.24) is 5.32 Å². The molecule has 1 aromatic carbocycles. The van der Waals surface area contributed by atoms with Gasteiger partial charge in [0, 0.05) is 18.2 Å². The number of benzene rings is 1. The standard InChI is InChI=1S/C16H25N3O/c1-2-13-7-3-4-9-15(13)18-11-12-6-5-8-14(10-12)16(17)19-20/h5-6,8,10,13,15,18,20H,2-4,7,9,11H2,1H3,(H2,17,19). The molecule has 1 aliphatic carbocycles. The van der Waals surface area contributed by atoms with Crippen molar-refractivity contribution < 1.29 is 5.21 Å². The lowest BCUT2D eigenvalue weighted by Gasteiger charge is -2.31. The van der Waals surface area contributed by atoms with Gasteiger partial charge in [0.25, 0.3) is 0 Å². The van der Waals surface area contributed by atoms with Gasteiger partial charge in [0.15, 0.2) is 5.84 Å². The highest BCUT2D eigenvalue weighted by Crippen LogP contribution is 2.27. The Morgan fingerprint density at radius 1 is 1.40 bits per heavy atom. The Labute approximate surface area is 121 Å². The summed E-state index contributed by atoms with van der Waals surface area (Å²) in [4.78, 5) is 0. The van der Waals surface area contributed by atoms with Crippen LogP contribution in [0.15, 0.2) is 29.4 Å². The van der Waals surface area contributed by atoms with Crippen LogP contribution in [0.1, 0.15) is 50.2 Å². The zero-order chi connectivity index (χ0) is 14.4. The molecule has 4 nitrogen and oxygen atoms in total. The van der Waals surface area contributed by atoms with E-state index < -0.39 is 0 Å². The van der Waals surface area contributed by atoms with E-state index in [1.54, 1.807) is 0 Å². The zero-order valence-electron chi connectivity index (χ0n) is 12.2. The molecule has 0 radical (unpaired) electrons. The minimum Gasteiger partial charge on any atom is -0.409 e. The van der Waals surface area contributed by atoms with E-state index in [9.17, 15) is 0 Å². The highest BCUT2D eigenvalue weighted by molar-refractivity contribution is 5.97. The van der Waals surface area contributed by atoms with Crippen LogP contribution in [0.5, 0.6) is 0 Å². The second kappa shape index (κ2) is 7.29. The molecule has 1 fully saturated rings. The van der Waals surface area contributed by atoms with Gasteiger partial charge in [0.1, 0.15) is 0 Å². The monoisotopic (exact) mass is 275 g/mol. The molecular weight excluding hydrogens is 250 g/mol. The fourth-order valence-corrected chi connectivity index (χ4v) is 3.11. The van der Waals surface area contributed by atoms with E-state index in [0.717, 1.165) is 18.0 Å². The zero-order valence-corrected chi connectivity index (χ0v) is 12.2. The van der Waals surface area contributed by atoms with Gasteiger partial charge >= 0.3 is 0 Å². The maximum Gasteiger partial charge on any atom is 0.170 e. The van der Waals surface area contributed by atoms with Gasteiger partial charge < -0.3 is 16.3 Å². The highest BCUT2D eigenvalue weighted by Gasteiger charge is 2.22. The van der Waals surface area contributed by atoms with Crippen molar-refractivity contribution in [2.24, 2.45) is 16.8 Å². The topological polar surface area (TPSA) is 70.6 Å². The van der Waals surface area contributed by atoms with Crippen molar-refractivity contribution in [1.29, 1.82) is 0 Å². The lowest BCUT2D eigenvalue weighted by molar-refractivity contribution is 0.254. The smallest absolute Gasteiger partial charge is 0.170 e. The summed E-state index contributed by atoms with van der Waals surface area (Å²) in [6.45, 7) is 3.12. The third kappa shape index (κ3) is 3.73. The van der Waals surface area contributed by atoms with Crippen LogP contribution in [0.3, 0.4) is 0 Å². The van der Waals surface area contributed by atoms with E-state index in [1.165, 1.54) is 37.7 Å². The van der Waals surface area contributed by atoms with Gasteiger partial charge in [0.05, 0.1) is 0 Å². The normalized spacial score (nSPS) is 23.8. The Morgan fingerprint density at radius 2 is 2.20 bits per heavy atom. The largest absolute Gasteiger partial charge is 0.409 e. The number of nitrogens with one attached hydrogen (secondary N) is 1. The molecule has 0 amide bonds. The molecule has 110 valence electrons. The number of hydrogen-bond acceptors (Lipinski definition) is 3. The number of hydrogen-bond donors (Lipinski definition) is 3. The first kappa shape index (κ1) is 14.9. The third-order valence-corrected chi connectivity index (χ3v) is 4.33. The van der Waals surface area contributed by atoms with E-state index >= 15 is 0 Å². The molecule has 1 aromatic rings. The van der Waals surface area contributed by atoms with Crippen molar-refractivity contribution in [2.75, 3.05) is 0 Å². The number of nitrogens with two attached hydrogens (primary N) is 1. The van der Waals surface area contributed by atoms with Crippen LogP contribution in [-0.4, -0.2) is 17.1 Å². The quantitative estimate of drug-likeness (QED) is 0.335. The molecule has 4 heteroatoms. The predicted molar refractivity (Wildman–Crippen MR) is 81.8 cm³/mol. The van der Waals surface area contributed by atoms with Gasteiger partial charge in [-0.25, -0.2) is 0 Å². The molecule has 1 saturated carbocycles. The molecule has 1 aliphatic rings. The molecule has 2 unspecified atom stereocenters. The van der Waals surface area contributed by atoms with Crippen LogP contribution in [0.2, 0.25) is 0 Å². The molecule has 0 spiro atoms. The van der Waals surface area contributed by atoms with E-state index in [1.807, 2.05) is 18.2 Å². The molecule has 4 N–H and O–H groups in total. The van der Waals surface area contributed by atoms with Gasteiger partial charge in [-0.1, -0.05) is 49.5 Å². The van der Waals surface area contributed by atoms with Gasteiger partial charge in [-0.15, -0.1) is 0 Å². The lowest BCUT2D eigenvalue weighted by Crippen LogP contribution is -2.37. The molecule has 2 rings (SSSR count). The van der Waals surface area contributed by atoms with Crippen molar-refractivity contribution in [3.63, 3.8) is 0 Å². The Bertz CT molecular complexity index is 459. The molecule has 0 aliphatic heterocycles. The molecule has 20 heavy (non-hydrogen) atoms. The first-order chi connectivity index (χ1) is 9.74. The Balaban J connectivity index is 1.96. The summed E-state index contributed by atoms with van der Waals surface area (Å²) < 4.78 is 0. The van der Waals surface area contributed by atoms with Crippen LogP contribution in [-0.2, 0) is 6.54 Å². The van der Waals surface area contributed by atoms with Crippen molar-refractivity contribution >= 4 is 5.84 Å². The van der Waals surface area contributed by atoms with E-state index in [4.69, 9.17) is 10.9 Å². The fourth-order valence-electron chi connectivity index (χ4n) is 3.11. The Morgan fingerprint density at radius 3 is 2.95 bits per heavy atom. The van der Waals surface area contributed by atoms with Crippen molar-refractivity contribution in [3.05, 3.63) is 35.4 Å². The number of amidine groups is 1. The number of rotatable bonds is 5. The predicted octanol–water partition coefficient (Wildman–Crippen LogP) is 2.84. The van der Waals surface area contributed by atoms with E-state index in [0.29, 0.717) is 6.04 Å². The summed E-state index contributed by atoms with van der Waals surface area (Å²) in [5, 5.41) is 15.5. The maximum absolute atomic E-state index is 8.73. The lowest BCUT2D eigenvalue weighted by atomic mass is 9.83.